The molecule has 0 aliphatic heterocycles. The van der Waals surface area contributed by atoms with Crippen LogP contribution in [-0.4, -0.2) is 22.5 Å². The van der Waals surface area contributed by atoms with Gasteiger partial charge in [0.1, 0.15) is 0 Å². The molecule has 0 saturated carbocycles. The van der Waals surface area contributed by atoms with Crippen molar-refractivity contribution in [3.8, 4) is 11.8 Å². The summed E-state index contributed by atoms with van der Waals surface area (Å²) < 4.78 is 0. The number of aromatic nitrogens is 2. The normalized spacial score (nSPS) is 10.3. The molecule has 126 valence electrons. The molecule has 4 heteroatoms. The molecule has 24 heavy (non-hydrogen) atoms. The number of carbonyl (C=O) groups excluding carboxylic acids is 2. The Morgan fingerprint density at radius 2 is 1.00 bits per heavy atom. The molecule has 0 unspecified atom stereocenters. The lowest BCUT2D eigenvalue weighted by molar-refractivity contribution is 0.111. The van der Waals surface area contributed by atoms with E-state index in [1.165, 1.54) is 0 Å². The van der Waals surface area contributed by atoms with Crippen LogP contribution in [-0.2, 0) is 25.7 Å². The summed E-state index contributed by atoms with van der Waals surface area (Å²) in [5.74, 6) is 6.32. The third-order valence-corrected chi connectivity index (χ3v) is 4.46. The van der Waals surface area contributed by atoms with Crippen molar-refractivity contribution in [1.29, 1.82) is 0 Å². The zero-order valence-electron chi connectivity index (χ0n) is 14.8. The molecule has 0 saturated heterocycles. The van der Waals surface area contributed by atoms with Gasteiger partial charge in [-0.25, -0.2) is 0 Å². The lowest BCUT2D eigenvalue weighted by Gasteiger charge is -1.99. The van der Waals surface area contributed by atoms with Crippen molar-refractivity contribution in [2.45, 2.75) is 53.4 Å². The smallest absolute Gasteiger partial charge is 0.166 e. The van der Waals surface area contributed by atoms with Crippen molar-refractivity contribution in [3.63, 3.8) is 0 Å². The molecule has 2 aromatic rings. The minimum Gasteiger partial charge on any atom is -0.345 e. The highest BCUT2D eigenvalue weighted by atomic mass is 16.1. The molecular formula is C20H24N2O2. The largest absolute Gasteiger partial charge is 0.345 e. The highest BCUT2D eigenvalue weighted by Gasteiger charge is 2.15. The Labute approximate surface area is 143 Å². The van der Waals surface area contributed by atoms with E-state index in [-0.39, 0.29) is 0 Å². The summed E-state index contributed by atoms with van der Waals surface area (Å²) in [6.07, 6.45) is 4.95. The molecular weight excluding hydrogens is 300 g/mol. The molecule has 0 fully saturated rings. The van der Waals surface area contributed by atoms with E-state index in [9.17, 15) is 9.59 Å². The summed E-state index contributed by atoms with van der Waals surface area (Å²) >= 11 is 0. The average molecular weight is 324 g/mol. The summed E-state index contributed by atoms with van der Waals surface area (Å²) in [6.45, 7) is 8.20. The molecule has 4 nitrogen and oxygen atoms in total. The van der Waals surface area contributed by atoms with Gasteiger partial charge in [0.2, 0.25) is 0 Å². The number of aromatic amines is 2. The fourth-order valence-electron chi connectivity index (χ4n) is 3.33. The first-order chi connectivity index (χ1) is 11.6. The number of rotatable bonds is 6. The van der Waals surface area contributed by atoms with Crippen LogP contribution in [0.4, 0.5) is 0 Å². The van der Waals surface area contributed by atoms with Gasteiger partial charge >= 0.3 is 0 Å². The van der Waals surface area contributed by atoms with E-state index in [4.69, 9.17) is 0 Å². The Bertz CT molecular complexity index is 747. The molecule has 0 aromatic carbocycles. The summed E-state index contributed by atoms with van der Waals surface area (Å²) in [4.78, 5) is 28.8. The number of aldehydes is 2. The summed E-state index contributed by atoms with van der Waals surface area (Å²) in [5.41, 5.74) is 7.10. The Kier molecular flexibility index (Phi) is 5.81. The number of hydrogen-bond donors (Lipinski definition) is 2. The molecule has 2 aromatic heterocycles. The third kappa shape index (κ3) is 3.07. The Morgan fingerprint density at radius 3 is 1.25 bits per heavy atom. The average Bonchev–Trinajstić information content (AvgIpc) is 3.15. The standard InChI is InChI=1S/C20H24N2O2/c1-5-13-15(7-3)19(11-23)21-17(13)9-10-18-14(6-2)16(8-4)20(12-24)22-18/h11-12,21-22H,5-8H2,1-4H3. The van der Waals surface area contributed by atoms with E-state index in [2.05, 4.69) is 35.7 Å². The van der Waals surface area contributed by atoms with Crippen LogP contribution in [0.15, 0.2) is 0 Å². The van der Waals surface area contributed by atoms with Crippen LogP contribution in [0.5, 0.6) is 0 Å². The zero-order valence-corrected chi connectivity index (χ0v) is 14.8. The Hall–Kier alpha value is -2.54. The van der Waals surface area contributed by atoms with Gasteiger partial charge in [-0.15, -0.1) is 0 Å². The van der Waals surface area contributed by atoms with Gasteiger partial charge in [0.25, 0.3) is 0 Å². The van der Waals surface area contributed by atoms with E-state index in [0.29, 0.717) is 11.4 Å². The van der Waals surface area contributed by atoms with Gasteiger partial charge in [-0.05, 0) is 59.8 Å². The molecule has 2 rings (SSSR count). The lowest BCUT2D eigenvalue weighted by atomic mass is 10.0. The summed E-state index contributed by atoms with van der Waals surface area (Å²) in [5, 5.41) is 0. The number of nitrogens with one attached hydrogen (secondary N) is 2. The topological polar surface area (TPSA) is 65.7 Å². The SMILES string of the molecule is CCc1c(C#Cc2[nH]c(C=O)c(CC)c2CC)[nH]c(C=O)c1CC. The third-order valence-electron chi connectivity index (χ3n) is 4.46. The summed E-state index contributed by atoms with van der Waals surface area (Å²) in [6, 6.07) is 0. The summed E-state index contributed by atoms with van der Waals surface area (Å²) in [7, 11) is 0. The quantitative estimate of drug-likeness (QED) is 0.629. The second kappa shape index (κ2) is 7.83. The second-order valence-electron chi connectivity index (χ2n) is 5.64. The zero-order chi connectivity index (χ0) is 17.7. The molecule has 0 atom stereocenters. The van der Waals surface area contributed by atoms with Crippen molar-refractivity contribution in [1.82, 2.24) is 9.97 Å². The lowest BCUT2D eigenvalue weighted by Crippen LogP contribution is -1.91. The van der Waals surface area contributed by atoms with Crippen LogP contribution in [0.2, 0.25) is 0 Å². The first-order valence-corrected chi connectivity index (χ1v) is 8.54. The highest BCUT2D eigenvalue weighted by molar-refractivity contribution is 5.78. The van der Waals surface area contributed by atoms with Crippen molar-refractivity contribution in [2.24, 2.45) is 0 Å². The molecule has 2 N–H and O–H groups in total. The van der Waals surface area contributed by atoms with Gasteiger partial charge in [-0.1, -0.05) is 27.7 Å². The highest BCUT2D eigenvalue weighted by Crippen LogP contribution is 2.21. The molecule has 0 bridgehead atoms. The van der Waals surface area contributed by atoms with E-state index >= 15 is 0 Å². The van der Waals surface area contributed by atoms with Crippen LogP contribution in [0.1, 0.15) is 82.3 Å². The molecule has 0 amide bonds. The van der Waals surface area contributed by atoms with E-state index in [1.54, 1.807) is 0 Å². The van der Waals surface area contributed by atoms with Crippen molar-refractivity contribution in [2.75, 3.05) is 0 Å². The first-order valence-electron chi connectivity index (χ1n) is 8.54. The van der Waals surface area contributed by atoms with Crippen molar-refractivity contribution >= 4 is 12.6 Å². The maximum absolute atomic E-state index is 11.2. The fourth-order valence-corrected chi connectivity index (χ4v) is 3.33. The van der Waals surface area contributed by atoms with Gasteiger partial charge in [0.05, 0.1) is 22.8 Å². The monoisotopic (exact) mass is 324 g/mol. The van der Waals surface area contributed by atoms with Crippen LogP contribution in [0, 0.1) is 11.8 Å². The van der Waals surface area contributed by atoms with Crippen molar-refractivity contribution < 1.29 is 9.59 Å². The van der Waals surface area contributed by atoms with E-state index < -0.39 is 0 Å². The number of hydrogen-bond acceptors (Lipinski definition) is 2. The van der Waals surface area contributed by atoms with Gasteiger partial charge in [0.15, 0.2) is 12.6 Å². The van der Waals surface area contributed by atoms with Gasteiger partial charge in [0, 0.05) is 0 Å². The Morgan fingerprint density at radius 1 is 0.667 bits per heavy atom. The predicted octanol–water partition coefficient (Wildman–Crippen LogP) is 3.62. The molecule has 0 radical (unpaired) electrons. The van der Waals surface area contributed by atoms with Gasteiger partial charge in [-0.3, -0.25) is 9.59 Å². The molecule has 0 aliphatic carbocycles. The number of carbonyl (C=O) groups is 2. The molecule has 0 aliphatic rings. The maximum atomic E-state index is 11.2. The predicted molar refractivity (Wildman–Crippen MR) is 95.9 cm³/mol. The molecule has 0 spiro atoms. The maximum Gasteiger partial charge on any atom is 0.166 e. The number of H-pyrrole nitrogens is 2. The molecule has 2 heterocycles. The van der Waals surface area contributed by atoms with Gasteiger partial charge in [-0.2, -0.15) is 0 Å². The minimum atomic E-state index is 0.615. The van der Waals surface area contributed by atoms with E-state index in [1.807, 2.05) is 13.8 Å². The fraction of sp³-hybridized carbons (Fsp3) is 0.400. The van der Waals surface area contributed by atoms with Crippen molar-refractivity contribution in [3.05, 3.63) is 45.0 Å². The van der Waals surface area contributed by atoms with Gasteiger partial charge < -0.3 is 9.97 Å². The second-order valence-corrected chi connectivity index (χ2v) is 5.64. The van der Waals surface area contributed by atoms with Crippen LogP contribution >= 0.6 is 0 Å². The van der Waals surface area contributed by atoms with Crippen LogP contribution in [0.25, 0.3) is 0 Å². The van der Waals surface area contributed by atoms with Crippen LogP contribution < -0.4 is 0 Å². The van der Waals surface area contributed by atoms with E-state index in [0.717, 1.165) is 71.9 Å². The first kappa shape index (κ1) is 17.8. The van der Waals surface area contributed by atoms with Crippen LogP contribution in [0.3, 0.4) is 0 Å². The minimum absolute atomic E-state index is 0.615. The Balaban J connectivity index is 2.55.